The van der Waals surface area contributed by atoms with Gasteiger partial charge in [0.2, 0.25) is 0 Å². The van der Waals surface area contributed by atoms with Gasteiger partial charge in [-0.15, -0.1) is 0 Å². The number of methoxy groups -OCH3 is 2. The molecule has 0 aliphatic rings. The van der Waals surface area contributed by atoms with Gasteiger partial charge in [0.15, 0.2) is 11.5 Å². The lowest BCUT2D eigenvalue weighted by atomic mass is 10.0. The van der Waals surface area contributed by atoms with Crippen molar-refractivity contribution in [3.8, 4) is 11.5 Å². The van der Waals surface area contributed by atoms with E-state index in [1.807, 2.05) is 6.07 Å². The lowest BCUT2D eigenvalue weighted by molar-refractivity contribution is 0.354. The van der Waals surface area contributed by atoms with Crippen molar-refractivity contribution in [2.45, 2.75) is 4.83 Å². The van der Waals surface area contributed by atoms with Crippen LogP contribution in [0.4, 0.5) is 4.39 Å². The predicted octanol–water partition coefficient (Wildman–Crippen LogP) is 4.98. The van der Waals surface area contributed by atoms with Crippen molar-refractivity contribution in [1.29, 1.82) is 0 Å². The van der Waals surface area contributed by atoms with Gasteiger partial charge in [0, 0.05) is 5.56 Å². The van der Waals surface area contributed by atoms with Gasteiger partial charge in [-0.3, -0.25) is 0 Å². The number of alkyl halides is 1. The van der Waals surface area contributed by atoms with E-state index in [1.165, 1.54) is 6.07 Å². The molecule has 5 heteroatoms. The molecule has 106 valence electrons. The minimum atomic E-state index is -0.425. The Balaban J connectivity index is 2.43. The second-order valence-corrected chi connectivity index (χ2v) is 5.44. The summed E-state index contributed by atoms with van der Waals surface area (Å²) < 4.78 is 24.5. The monoisotopic (exact) mass is 358 g/mol. The van der Waals surface area contributed by atoms with Crippen LogP contribution in [0.15, 0.2) is 36.4 Å². The first-order valence-electron chi connectivity index (χ1n) is 5.88. The van der Waals surface area contributed by atoms with E-state index < -0.39 is 5.82 Å². The molecule has 0 saturated carbocycles. The number of rotatable bonds is 4. The largest absolute Gasteiger partial charge is 0.493 e. The van der Waals surface area contributed by atoms with Crippen LogP contribution in [0.1, 0.15) is 16.0 Å². The second kappa shape index (κ2) is 6.46. The molecule has 2 rings (SSSR count). The number of benzene rings is 2. The van der Waals surface area contributed by atoms with Crippen LogP contribution in [0.3, 0.4) is 0 Å². The first-order valence-corrected chi connectivity index (χ1v) is 7.17. The number of ether oxygens (including phenoxy) is 2. The second-order valence-electron chi connectivity index (χ2n) is 4.12. The van der Waals surface area contributed by atoms with Crippen LogP contribution in [0.2, 0.25) is 5.02 Å². The topological polar surface area (TPSA) is 18.5 Å². The quantitative estimate of drug-likeness (QED) is 0.717. The van der Waals surface area contributed by atoms with Gasteiger partial charge in [-0.05, 0) is 23.8 Å². The van der Waals surface area contributed by atoms with Gasteiger partial charge in [-0.25, -0.2) is 4.39 Å². The summed E-state index contributed by atoms with van der Waals surface area (Å²) in [6.07, 6.45) is 0. The van der Waals surface area contributed by atoms with Crippen molar-refractivity contribution in [2.75, 3.05) is 14.2 Å². The zero-order valence-electron chi connectivity index (χ0n) is 11.0. The summed E-state index contributed by atoms with van der Waals surface area (Å²) in [5.74, 6) is 0.797. The molecule has 2 aromatic rings. The van der Waals surface area contributed by atoms with Gasteiger partial charge in [-0.2, -0.15) is 0 Å². The first-order chi connectivity index (χ1) is 9.58. The highest BCUT2D eigenvalue weighted by Crippen LogP contribution is 2.38. The zero-order valence-corrected chi connectivity index (χ0v) is 13.3. The first kappa shape index (κ1) is 15.1. The van der Waals surface area contributed by atoms with Crippen molar-refractivity contribution >= 4 is 27.5 Å². The van der Waals surface area contributed by atoms with E-state index in [-0.39, 0.29) is 9.85 Å². The summed E-state index contributed by atoms with van der Waals surface area (Å²) in [7, 11) is 3.13. The molecule has 0 saturated heterocycles. The van der Waals surface area contributed by atoms with Gasteiger partial charge in [0.05, 0.1) is 24.1 Å². The summed E-state index contributed by atoms with van der Waals surface area (Å²) in [4.78, 5) is -0.319. The van der Waals surface area contributed by atoms with Crippen LogP contribution in [-0.4, -0.2) is 14.2 Å². The van der Waals surface area contributed by atoms with E-state index in [0.29, 0.717) is 17.1 Å². The van der Waals surface area contributed by atoms with Gasteiger partial charge in [0.25, 0.3) is 0 Å². The van der Waals surface area contributed by atoms with Crippen molar-refractivity contribution < 1.29 is 13.9 Å². The SMILES string of the molecule is COc1ccc(C(Br)c2cccc(Cl)c2F)cc1OC. The molecular weight excluding hydrogens is 347 g/mol. The Morgan fingerprint density at radius 1 is 1.10 bits per heavy atom. The average Bonchev–Trinajstić information content (AvgIpc) is 2.48. The number of hydrogen-bond acceptors (Lipinski definition) is 2. The summed E-state index contributed by atoms with van der Waals surface area (Å²) in [6, 6.07) is 10.4. The molecular formula is C15H13BrClFO2. The molecule has 0 aromatic heterocycles. The highest BCUT2D eigenvalue weighted by Gasteiger charge is 2.18. The normalized spacial score (nSPS) is 12.1. The van der Waals surface area contributed by atoms with Crippen LogP contribution in [0.5, 0.6) is 11.5 Å². The standard InChI is InChI=1S/C15H13BrClFO2/c1-19-12-7-6-9(8-13(12)20-2)14(16)10-4-3-5-11(17)15(10)18/h3-8,14H,1-2H3. The minimum Gasteiger partial charge on any atom is -0.493 e. The minimum absolute atomic E-state index is 0.104. The molecule has 2 nitrogen and oxygen atoms in total. The van der Waals surface area contributed by atoms with Crippen molar-refractivity contribution in [3.63, 3.8) is 0 Å². The third kappa shape index (κ3) is 2.91. The van der Waals surface area contributed by atoms with Crippen LogP contribution in [0, 0.1) is 5.82 Å². The van der Waals surface area contributed by atoms with Gasteiger partial charge in [-0.1, -0.05) is 45.7 Å². The molecule has 1 atom stereocenters. The van der Waals surface area contributed by atoms with Crippen LogP contribution < -0.4 is 9.47 Å². The summed E-state index contributed by atoms with van der Waals surface area (Å²) in [6.45, 7) is 0. The van der Waals surface area contributed by atoms with Crippen LogP contribution in [-0.2, 0) is 0 Å². The summed E-state index contributed by atoms with van der Waals surface area (Å²) in [5, 5.41) is 0.104. The molecule has 0 bridgehead atoms. The predicted molar refractivity (Wildman–Crippen MR) is 81.7 cm³/mol. The molecule has 0 fully saturated rings. The summed E-state index contributed by atoms with van der Waals surface area (Å²) >= 11 is 9.30. The van der Waals surface area contributed by atoms with Gasteiger partial charge < -0.3 is 9.47 Å². The Bertz CT molecular complexity index is 619. The maximum absolute atomic E-state index is 14.0. The van der Waals surface area contributed by atoms with Gasteiger partial charge >= 0.3 is 0 Å². The number of hydrogen-bond donors (Lipinski definition) is 0. The van der Waals surface area contributed by atoms with Crippen LogP contribution >= 0.6 is 27.5 Å². The van der Waals surface area contributed by atoms with Crippen molar-refractivity contribution in [3.05, 3.63) is 58.4 Å². The van der Waals surface area contributed by atoms with E-state index in [9.17, 15) is 4.39 Å². The van der Waals surface area contributed by atoms with E-state index >= 15 is 0 Å². The molecule has 0 aliphatic heterocycles. The Kier molecular flexibility index (Phi) is 4.89. The number of halogens is 3. The maximum atomic E-state index is 14.0. The Morgan fingerprint density at radius 2 is 1.80 bits per heavy atom. The molecule has 0 heterocycles. The fourth-order valence-electron chi connectivity index (χ4n) is 1.91. The van der Waals surface area contributed by atoms with Crippen molar-refractivity contribution in [1.82, 2.24) is 0 Å². The average molecular weight is 360 g/mol. The highest BCUT2D eigenvalue weighted by atomic mass is 79.9. The lowest BCUT2D eigenvalue weighted by Gasteiger charge is -2.15. The molecule has 0 spiro atoms. The Morgan fingerprint density at radius 3 is 2.45 bits per heavy atom. The van der Waals surface area contributed by atoms with E-state index in [2.05, 4.69) is 15.9 Å². The third-order valence-corrected chi connectivity index (χ3v) is 4.27. The molecule has 0 amide bonds. The molecule has 0 radical (unpaired) electrons. The van der Waals surface area contributed by atoms with E-state index in [4.69, 9.17) is 21.1 Å². The molecule has 2 aromatic carbocycles. The third-order valence-electron chi connectivity index (χ3n) is 2.95. The highest BCUT2D eigenvalue weighted by molar-refractivity contribution is 9.09. The molecule has 0 aliphatic carbocycles. The van der Waals surface area contributed by atoms with Crippen LogP contribution in [0.25, 0.3) is 0 Å². The van der Waals surface area contributed by atoms with E-state index in [0.717, 1.165) is 5.56 Å². The molecule has 20 heavy (non-hydrogen) atoms. The molecule has 0 N–H and O–H groups in total. The zero-order chi connectivity index (χ0) is 14.7. The fourth-order valence-corrected chi connectivity index (χ4v) is 2.73. The molecule has 1 unspecified atom stereocenters. The van der Waals surface area contributed by atoms with Crippen molar-refractivity contribution in [2.24, 2.45) is 0 Å². The van der Waals surface area contributed by atoms with Gasteiger partial charge in [0.1, 0.15) is 5.82 Å². The Labute approximate surface area is 130 Å². The lowest BCUT2D eigenvalue weighted by Crippen LogP contribution is -1.99. The summed E-state index contributed by atoms with van der Waals surface area (Å²) in [5.41, 5.74) is 1.33. The van der Waals surface area contributed by atoms with E-state index in [1.54, 1.807) is 38.5 Å². The smallest absolute Gasteiger partial charge is 0.161 e. The maximum Gasteiger partial charge on any atom is 0.161 e. The Hall–Kier alpha value is -1.26. The fraction of sp³-hybridized carbons (Fsp3) is 0.200.